The second-order valence-corrected chi connectivity index (χ2v) is 15.6. The predicted octanol–water partition coefficient (Wildman–Crippen LogP) is 14.0. The molecule has 57 heavy (non-hydrogen) atoms. The van der Waals surface area contributed by atoms with Crippen LogP contribution in [-0.4, -0.2) is 15.0 Å². The van der Waals surface area contributed by atoms with E-state index in [0.717, 1.165) is 22.3 Å². The summed E-state index contributed by atoms with van der Waals surface area (Å²) in [6.07, 6.45) is 0. The Hall–Kier alpha value is -7.23. The molecule has 0 atom stereocenters. The molecule has 0 radical (unpaired) electrons. The van der Waals surface area contributed by atoms with E-state index in [9.17, 15) is 0 Å². The molecule has 1 aromatic heterocycles. The van der Waals surface area contributed by atoms with Gasteiger partial charge in [-0.25, -0.2) is 15.0 Å². The van der Waals surface area contributed by atoms with Gasteiger partial charge in [0.2, 0.25) is 0 Å². The van der Waals surface area contributed by atoms with E-state index >= 15 is 0 Å². The minimum atomic E-state index is -0.0812. The Morgan fingerprint density at radius 1 is 0.298 bits per heavy atom. The van der Waals surface area contributed by atoms with E-state index in [-0.39, 0.29) is 5.41 Å². The summed E-state index contributed by atoms with van der Waals surface area (Å²) in [7, 11) is 0. The smallest absolute Gasteiger partial charge is 0.164 e. The summed E-state index contributed by atoms with van der Waals surface area (Å²) in [5.74, 6) is 1.94. The third-order valence-corrected chi connectivity index (χ3v) is 11.9. The molecule has 1 aliphatic rings. The van der Waals surface area contributed by atoms with Crippen molar-refractivity contribution >= 4 is 32.3 Å². The summed E-state index contributed by atoms with van der Waals surface area (Å²) in [5, 5.41) is 7.32. The molecule has 3 nitrogen and oxygen atoms in total. The van der Waals surface area contributed by atoms with Gasteiger partial charge in [-0.2, -0.15) is 0 Å². The van der Waals surface area contributed by atoms with Crippen LogP contribution in [0.15, 0.2) is 188 Å². The lowest BCUT2D eigenvalue weighted by molar-refractivity contribution is 0.660. The van der Waals surface area contributed by atoms with Crippen LogP contribution in [0.1, 0.15) is 25.0 Å². The van der Waals surface area contributed by atoms with Crippen LogP contribution in [0.4, 0.5) is 0 Å². The SMILES string of the molecule is CC1(C)c2ccccc2-c2ccc(-c3cccc4c5ccccc5c5cc(-c6nc(-c7ccccc7)nc(-c7ccc(-c8ccccc8)cc7)n6)ccc5c34)cc21. The highest BCUT2D eigenvalue weighted by molar-refractivity contribution is 6.28. The molecule has 0 spiro atoms. The fraction of sp³-hybridized carbons (Fsp3) is 0.0556. The van der Waals surface area contributed by atoms with Gasteiger partial charge >= 0.3 is 0 Å². The maximum absolute atomic E-state index is 5.16. The van der Waals surface area contributed by atoms with Gasteiger partial charge in [0, 0.05) is 22.1 Å². The third kappa shape index (κ3) is 5.38. The zero-order valence-electron chi connectivity index (χ0n) is 31.7. The summed E-state index contributed by atoms with van der Waals surface area (Å²) < 4.78 is 0. The van der Waals surface area contributed by atoms with Crippen molar-refractivity contribution in [2.75, 3.05) is 0 Å². The highest BCUT2D eigenvalue weighted by Gasteiger charge is 2.35. The van der Waals surface area contributed by atoms with Crippen molar-refractivity contribution in [2.24, 2.45) is 0 Å². The quantitative estimate of drug-likeness (QED) is 0.166. The molecule has 0 saturated heterocycles. The van der Waals surface area contributed by atoms with Crippen LogP contribution in [0, 0.1) is 0 Å². The first-order valence-electron chi connectivity index (χ1n) is 19.6. The minimum Gasteiger partial charge on any atom is -0.208 e. The van der Waals surface area contributed by atoms with Gasteiger partial charge in [-0.15, -0.1) is 0 Å². The highest BCUT2D eigenvalue weighted by Crippen LogP contribution is 2.50. The van der Waals surface area contributed by atoms with E-state index < -0.39 is 0 Å². The molecular formula is C54H37N3. The fourth-order valence-electron chi connectivity index (χ4n) is 9.05. The number of benzene rings is 9. The maximum atomic E-state index is 5.16. The van der Waals surface area contributed by atoms with Crippen molar-refractivity contribution in [3.63, 3.8) is 0 Å². The van der Waals surface area contributed by atoms with Gasteiger partial charge in [0.25, 0.3) is 0 Å². The third-order valence-electron chi connectivity index (χ3n) is 11.9. The monoisotopic (exact) mass is 727 g/mol. The van der Waals surface area contributed by atoms with Crippen molar-refractivity contribution in [1.29, 1.82) is 0 Å². The van der Waals surface area contributed by atoms with Crippen LogP contribution in [-0.2, 0) is 5.41 Å². The molecule has 3 heteroatoms. The molecule has 11 rings (SSSR count). The highest BCUT2D eigenvalue weighted by atomic mass is 15.0. The molecule has 0 aliphatic heterocycles. The summed E-state index contributed by atoms with van der Waals surface area (Å²) in [4.78, 5) is 15.3. The molecule has 9 aromatic carbocycles. The van der Waals surface area contributed by atoms with Crippen LogP contribution >= 0.6 is 0 Å². The Morgan fingerprint density at radius 3 is 1.51 bits per heavy atom. The molecular weight excluding hydrogens is 691 g/mol. The van der Waals surface area contributed by atoms with Gasteiger partial charge in [-0.1, -0.05) is 190 Å². The first-order valence-corrected chi connectivity index (χ1v) is 19.6. The molecule has 0 bridgehead atoms. The van der Waals surface area contributed by atoms with Gasteiger partial charge in [0.15, 0.2) is 17.5 Å². The molecule has 1 heterocycles. The second-order valence-electron chi connectivity index (χ2n) is 15.6. The van der Waals surface area contributed by atoms with Crippen molar-refractivity contribution in [1.82, 2.24) is 15.0 Å². The second kappa shape index (κ2) is 12.9. The van der Waals surface area contributed by atoms with Crippen molar-refractivity contribution in [3.05, 3.63) is 199 Å². The Labute approximate surface area is 332 Å². The van der Waals surface area contributed by atoms with Crippen LogP contribution in [0.5, 0.6) is 0 Å². The summed E-state index contributed by atoms with van der Waals surface area (Å²) in [6, 6.07) is 67.3. The number of hydrogen-bond acceptors (Lipinski definition) is 3. The number of rotatable bonds is 5. The summed E-state index contributed by atoms with van der Waals surface area (Å²) >= 11 is 0. The average molecular weight is 728 g/mol. The topological polar surface area (TPSA) is 38.7 Å². The number of nitrogens with zero attached hydrogens (tertiary/aromatic N) is 3. The van der Waals surface area contributed by atoms with Crippen LogP contribution in [0.25, 0.3) is 99.9 Å². The van der Waals surface area contributed by atoms with Crippen LogP contribution < -0.4 is 0 Å². The lowest BCUT2D eigenvalue weighted by atomic mass is 9.81. The maximum Gasteiger partial charge on any atom is 0.164 e. The normalized spacial score (nSPS) is 12.9. The molecule has 268 valence electrons. The van der Waals surface area contributed by atoms with Crippen molar-refractivity contribution in [2.45, 2.75) is 19.3 Å². The standard InChI is InChI=1S/C54H37N3/c1-54(2)48-23-12-11-20-43(48)44-30-28-38(33-49(44)54)40-21-13-22-45-41-18-9-10-19-42(41)47-32-39(29-31-46(47)50(40)45)53-56-51(36-16-7-4-8-17-36)55-52(57-53)37-26-24-35(25-27-37)34-14-5-3-6-15-34/h3-33H,1-2H3. The van der Waals surface area contributed by atoms with Crippen LogP contribution in [0.2, 0.25) is 0 Å². The molecule has 0 fully saturated rings. The first-order chi connectivity index (χ1) is 28.0. The van der Waals surface area contributed by atoms with E-state index in [4.69, 9.17) is 15.0 Å². The van der Waals surface area contributed by atoms with Crippen molar-refractivity contribution in [3.8, 4) is 67.5 Å². The van der Waals surface area contributed by atoms with Gasteiger partial charge in [0.05, 0.1) is 0 Å². The molecule has 0 N–H and O–H groups in total. The van der Waals surface area contributed by atoms with E-state index in [1.165, 1.54) is 71.3 Å². The van der Waals surface area contributed by atoms with Gasteiger partial charge in [0.1, 0.15) is 0 Å². The fourth-order valence-corrected chi connectivity index (χ4v) is 9.05. The zero-order valence-corrected chi connectivity index (χ0v) is 31.7. The van der Waals surface area contributed by atoms with Crippen molar-refractivity contribution < 1.29 is 0 Å². The molecule has 0 saturated carbocycles. The largest absolute Gasteiger partial charge is 0.208 e. The van der Waals surface area contributed by atoms with E-state index in [2.05, 4.69) is 178 Å². The van der Waals surface area contributed by atoms with E-state index in [0.29, 0.717) is 17.5 Å². The predicted molar refractivity (Wildman–Crippen MR) is 237 cm³/mol. The van der Waals surface area contributed by atoms with E-state index in [1.54, 1.807) is 0 Å². The Kier molecular flexibility index (Phi) is 7.52. The molecule has 0 unspecified atom stereocenters. The number of hydrogen-bond donors (Lipinski definition) is 0. The minimum absolute atomic E-state index is 0.0812. The van der Waals surface area contributed by atoms with Crippen LogP contribution in [0.3, 0.4) is 0 Å². The Balaban J connectivity index is 1.10. The Bertz CT molecular complexity index is 3180. The zero-order chi connectivity index (χ0) is 38.1. The van der Waals surface area contributed by atoms with E-state index in [1.807, 2.05) is 24.3 Å². The van der Waals surface area contributed by atoms with Gasteiger partial charge in [-0.05, 0) is 89.0 Å². The molecule has 10 aromatic rings. The Morgan fingerprint density at radius 2 is 0.772 bits per heavy atom. The average Bonchev–Trinajstić information content (AvgIpc) is 3.51. The van der Waals surface area contributed by atoms with Gasteiger partial charge < -0.3 is 0 Å². The summed E-state index contributed by atoms with van der Waals surface area (Å²) in [5.41, 5.74) is 13.0. The number of aromatic nitrogens is 3. The van der Waals surface area contributed by atoms with Gasteiger partial charge in [-0.3, -0.25) is 0 Å². The first kappa shape index (κ1) is 33.1. The molecule has 0 amide bonds. The molecule has 1 aliphatic carbocycles. The number of fused-ring (bicyclic) bond motifs is 9. The lowest BCUT2D eigenvalue weighted by Crippen LogP contribution is -2.14. The summed E-state index contributed by atoms with van der Waals surface area (Å²) in [6.45, 7) is 4.70. The lowest BCUT2D eigenvalue weighted by Gasteiger charge is -2.22.